The first-order valence-corrected chi connectivity index (χ1v) is 24.0. The van der Waals surface area contributed by atoms with Crippen LogP contribution in [-0.2, 0) is 53.6 Å². The number of esters is 2. The van der Waals surface area contributed by atoms with Gasteiger partial charge in [0.25, 0.3) is 0 Å². The Bertz CT molecular complexity index is 3490. The quantitative estimate of drug-likeness (QED) is 0.0436. The number of rotatable bonds is 19. The number of benzene rings is 9. The van der Waals surface area contributed by atoms with Gasteiger partial charge < -0.3 is 37.6 Å². The van der Waals surface area contributed by atoms with Crippen LogP contribution >= 0.6 is 0 Å². The van der Waals surface area contributed by atoms with E-state index in [0.29, 0.717) is 51.5 Å². The van der Waals surface area contributed by atoms with Crippen molar-refractivity contribution in [3.63, 3.8) is 0 Å². The minimum absolute atomic E-state index is 0.0318. The summed E-state index contributed by atoms with van der Waals surface area (Å²) in [7, 11) is 0. The molecule has 0 fully saturated rings. The molecule has 1 aromatic heterocycles. The first kappa shape index (κ1) is 48.0. The highest BCUT2D eigenvalue weighted by Crippen LogP contribution is 2.55. The highest BCUT2D eigenvalue weighted by Gasteiger charge is 2.34. The summed E-state index contributed by atoms with van der Waals surface area (Å²) in [6.07, 6.45) is -1.40. The lowest BCUT2D eigenvalue weighted by Crippen LogP contribution is -2.17. The summed E-state index contributed by atoms with van der Waals surface area (Å²) in [6, 6.07) is 66.7. The van der Waals surface area contributed by atoms with Gasteiger partial charge in [-0.05, 0) is 57.1 Å². The van der Waals surface area contributed by atoms with E-state index in [9.17, 15) is 14.4 Å². The SMILES string of the molecule is O=C(Cc1ccccc1)Oc1c(-c2ccc(OCc3ccccc3)cc2)c(OC(=O)OCc2ccccc2)c2oc3cc(OCc4ccccc4)c(OCc4ccccc4)cc3c2c1OC(=O)Cc1ccccc1. The molecule has 9 aromatic carbocycles. The van der Waals surface area contributed by atoms with Gasteiger partial charge in [-0.15, -0.1) is 0 Å². The van der Waals surface area contributed by atoms with E-state index in [1.165, 1.54) is 0 Å². The smallest absolute Gasteiger partial charge is 0.489 e. The zero-order valence-corrected chi connectivity index (χ0v) is 40.0. The van der Waals surface area contributed by atoms with E-state index in [0.717, 1.165) is 16.7 Å². The van der Waals surface area contributed by atoms with Crippen LogP contribution in [-0.4, -0.2) is 18.1 Å². The van der Waals surface area contributed by atoms with Crippen molar-refractivity contribution in [3.8, 4) is 45.6 Å². The van der Waals surface area contributed by atoms with E-state index >= 15 is 0 Å². The summed E-state index contributed by atoms with van der Waals surface area (Å²) in [5.41, 5.74) is 5.47. The number of hydrogen-bond donors (Lipinski definition) is 0. The summed E-state index contributed by atoms with van der Waals surface area (Å²) in [5, 5.41) is 0.497. The van der Waals surface area contributed by atoms with Crippen LogP contribution < -0.4 is 28.4 Å². The summed E-state index contributed by atoms with van der Waals surface area (Å²) in [4.78, 5) is 43.0. The number of furan rings is 1. The summed E-state index contributed by atoms with van der Waals surface area (Å²) < 4.78 is 51.0. The van der Waals surface area contributed by atoms with Gasteiger partial charge in [-0.3, -0.25) is 9.59 Å². The van der Waals surface area contributed by atoms with Crippen LogP contribution in [0.15, 0.2) is 223 Å². The Balaban J connectivity index is 1.19. The van der Waals surface area contributed by atoms with Crippen LogP contribution in [0.3, 0.4) is 0 Å². The molecule has 74 heavy (non-hydrogen) atoms. The Morgan fingerprint density at radius 1 is 0.392 bits per heavy atom. The Labute approximate surface area is 427 Å². The lowest BCUT2D eigenvalue weighted by atomic mass is 9.99. The van der Waals surface area contributed by atoms with Gasteiger partial charge in [-0.25, -0.2) is 4.79 Å². The highest BCUT2D eigenvalue weighted by molar-refractivity contribution is 6.16. The number of carbonyl (C=O) groups excluding carboxylic acids is 3. The van der Waals surface area contributed by atoms with Gasteiger partial charge in [-0.1, -0.05) is 194 Å². The maximum absolute atomic E-state index is 14.4. The Kier molecular flexibility index (Phi) is 15.0. The van der Waals surface area contributed by atoms with Crippen molar-refractivity contribution < 1.29 is 52.0 Å². The molecule has 0 aliphatic heterocycles. The lowest BCUT2D eigenvalue weighted by molar-refractivity contribution is -0.136. The van der Waals surface area contributed by atoms with Gasteiger partial charge in [0, 0.05) is 11.5 Å². The van der Waals surface area contributed by atoms with E-state index in [1.54, 1.807) is 48.5 Å². The van der Waals surface area contributed by atoms with Crippen molar-refractivity contribution in [1.29, 1.82) is 0 Å². The average Bonchev–Trinajstić information content (AvgIpc) is 3.81. The summed E-state index contributed by atoms with van der Waals surface area (Å²) in [6.45, 7) is 0.533. The fraction of sp³-hybridized carbons (Fsp3) is 0.0952. The number of carbonyl (C=O) groups is 3. The fourth-order valence-electron chi connectivity index (χ4n) is 8.30. The molecular formula is C63H48O11. The number of fused-ring (bicyclic) bond motifs is 3. The molecule has 1 heterocycles. The molecule has 0 atom stereocenters. The van der Waals surface area contributed by atoms with Crippen molar-refractivity contribution in [1.82, 2.24) is 0 Å². The molecule has 0 aliphatic carbocycles. The first-order valence-electron chi connectivity index (χ1n) is 24.0. The van der Waals surface area contributed by atoms with Gasteiger partial charge in [0.1, 0.15) is 37.8 Å². The van der Waals surface area contributed by atoms with Crippen LogP contribution in [0.4, 0.5) is 4.79 Å². The largest absolute Gasteiger partial charge is 0.514 e. The van der Waals surface area contributed by atoms with Gasteiger partial charge in [0.15, 0.2) is 34.3 Å². The van der Waals surface area contributed by atoms with Crippen molar-refractivity contribution in [3.05, 3.63) is 252 Å². The molecule has 10 rings (SSSR count). The zero-order valence-electron chi connectivity index (χ0n) is 40.0. The minimum Gasteiger partial charge on any atom is -0.489 e. The van der Waals surface area contributed by atoms with Crippen molar-refractivity contribution >= 4 is 40.0 Å². The topological polar surface area (TPSA) is 129 Å². The van der Waals surface area contributed by atoms with Crippen LogP contribution in [0, 0.1) is 0 Å². The van der Waals surface area contributed by atoms with Crippen LogP contribution in [0.1, 0.15) is 33.4 Å². The molecule has 10 aromatic rings. The van der Waals surface area contributed by atoms with Crippen LogP contribution in [0.25, 0.3) is 33.1 Å². The minimum atomic E-state index is -1.09. The molecule has 0 unspecified atom stereocenters. The molecule has 366 valence electrons. The standard InChI is InChI=1S/C63H48O11/c64-55(35-43-19-7-1-8-20-43)72-59-57(49-31-33-50(34-32-49)67-39-45-23-11-3-12-24-45)60(74-63(66)70-42-48-29-17-6-18-30-48)61-58(62(59)73-56(65)36-44-21-9-2-10-22-44)51-37-53(68-40-46-25-13-4-14-26-46)54(38-52(51)71-61)69-41-47-27-15-5-16-28-47/h1-34,37-38H,35-36,39-42H2. The molecule has 0 spiro atoms. The summed E-state index contributed by atoms with van der Waals surface area (Å²) >= 11 is 0. The van der Waals surface area contributed by atoms with Gasteiger partial charge >= 0.3 is 18.1 Å². The third-order valence-corrected chi connectivity index (χ3v) is 11.9. The predicted molar refractivity (Wildman–Crippen MR) is 280 cm³/mol. The molecule has 0 N–H and O–H groups in total. The van der Waals surface area contributed by atoms with Gasteiger partial charge in [-0.2, -0.15) is 0 Å². The van der Waals surface area contributed by atoms with Crippen molar-refractivity contribution in [2.24, 2.45) is 0 Å². The molecule has 11 nitrogen and oxygen atoms in total. The maximum Gasteiger partial charge on any atom is 0.514 e. The second kappa shape index (κ2) is 23.1. The second-order valence-corrected chi connectivity index (χ2v) is 17.2. The molecule has 0 saturated heterocycles. The molecule has 0 aliphatic rings. The normalized spacial score (nSPS) is 10.9. The molecule has 0 radical (unpaired) electrons. The maximum atomic E-state index is 14.4. The van der Waals surface area contributed by atoms with Crippen molar-refractivity contribution in [2.75, 3.05) is 0 Å². The van der Waals surface area contributed by atoms with Crippen LogP contribution in [0.5, 0.6) is 34.5 Å². The Hall–Kier alpha value is -9.61. The monoisotopic (exact) mass is 980 g/mol. The van der Waals surface area contributed by atoms with E-state index in [4.69, 9.17) is 37.6 Å². The Morgan fingerprint density at radius 2 is 0.811 bits per heavy atom. The zero-order chi connectivity index (χ0) is 50.5. The Morgan fingerprint density at radius 3 is 1.30 bits per heavy atom. The first-order chi connectivity index (χ1) is 36.4. The highest BCUT2D eigenvalue weighted by atomic mass is 16.7. The van der Waals surface area contributed by atoms with E-state index in [2.05, 4.69) is 0 Å². The molecule has 0 bridgehead atoms. The molecular weight excluding hydrogens is 933 g/mol. The molecule has 0 saturated carbocycles. The molecule has 11 heteroatoms. The van der Waals surface area contributed by atoms with Gasteiger partial charge in [0.2, 0.25) is 0 Å². The van der Waals surface area contributed by atoms with E-state index in [1.807, 2.05) is 170 Å². The average molecular weight is 981 g/mol. The van der Waals surface area contributed by atoms with Crippen molar-refractivity contribution in [2.45, 2.75) is 39.3 Å². The second-order valence-electron chi connectivity index (χ2n) is 17.2. The van der Waals surface area contributed by atoms with E-state index in [-0.39, 0.29) is 72.0 Å². The van der Waals surface area contributed by atoms with Gasteiger partial charge in [0.05, 0.1) is 23.8 Å². The third-order valence-electron chi connectivity index (χ3n) is 11.9. The summed E-state index contributed by atoms with van der Waals surface area (Å²) in [5.74, 6) is -0.768. The number of hydrogen-bond acceptors (Lipinski definition) is 11. The van der Waals surface area contributed by atoms with Crippen LogP contribution in [0.2, 0.25) is 0 Å². The third kappa shape index (κ3) is 11.9. The lowest BCUT2D eigenvalue weighted by Gasteiger charge is -2.20. The fourth-order valence-corrected chi connectivity index (χ4v) is 8.30. The van der Waals surface area contributed by atoms with E-state index < -0.39 is 18.1 Å². The number of ether oxygens (including phenoxy) is 7. The predicted octanol–water partition coefficient (Wildman–Crippen LogP) is 14.0. The molecule has 0 amide bonds.